The van der Waals surface area contributed by atoms with Gasteiger partial charge in [0.1, 0.15) is 24.7 Å². The molecule has 2 heterocycles. The molecule has 0 atom stereocenters. The number of hydrogen-bond donors (Lipinski definition) is 0. The Morgan fingerprint density at radius 3 is 1.31 bits per heavy atom. The third-order valence-corrected chi connectivity index (χ3v) is 11.0. The molecule has 2 aromatic heterocycles. The fourth-order valence-electron chi connectivity index (χ4n) is 7.60. The molecule has 0 saturated carbocycles. The summed E-state index contributed by atoms with van der Waals surface area (Å²) in [5.74, 6) is 7.70. The summed E-state index contributed by atoms with van der Waals surface area (Å²) in [4.78, 5) is 35.8. The molecule has 7 nitrogen and oxygen atoms in total. The SMILES string of the molecule is C#CCOc1ccc2nc(-c3cc(C)ccc3C(=O)c3ccc(C)cc3-c3nc(-c4ccc(C(C)C)cc4)c4cc(OCC#C)ccc4n3)nc(-c3ccc(C(C)C)cc3)c2c1. The first-order chi connectivity index (χ1) is 30.0. The van der Waals surface area contributed by atoms with Crippen LogP contribution in [0, 0.1) is 38.5 Å². The number of terminal acetylenes is 2. The average Bonchev–Trinajstić information content (AvgIpc) is 3.29. The first-order valence-electron chi connectivity index (χ1n) is 20.7. The summed E-state index contributed by atoms with van der Waals surface area (Å²) >= 11 is 0. The molecule has 7 heteroatoms. The van der Waals surface area contributed by atoms with E-state index in [1.54, 1.807) is 0 Å². The van der Waals surface area contributed by atoms with Crippen molar-refractivity contribution in [2.24, 2.45) is 0 Å². The number of aryl methyl sites for hydroxylation is 2. The Hall–Kier alpha value is -7.61. The predicted octanol–water partition coefficient (Wildman–Crippen LogP) is 12.4. The minimum absolute atomic E-state index is 0.138. The fourth-order valence-corrected chi connectivity index (χ4v) is 7.60. The molecule has 0 aliphatic heterocycles. The number of rotatable bonds is 12. The van der Waals surface area contributed by atoms with E-state index in [-0.39, 0.29) is 19.0 Å². The van der Waals surface area contributed by atoms with Gasteiger partial charge in [-0.1, -0.05) is 123 Å². The minimum atomic E-state index is -0.205. The number of carbonyl (C=O) groups excluding carboxylic acids is 1. The van der Waals surface area contributed by atoms with Crippen LogP contribution in [0.1, 0.15) is 77.7 Å². The molecule has 0 spiro atoms. The number of aromatic nitrogens is 4. The molecule has 304 valence electrons. The molecule has 0 fully saturated rings. The van der Waals surface area contributed by atoms with E-state index < -0.39 is 0 Å². The van der Waals surface area contributed by atoms with Gasteiger partial charge in [0.25, 0.3) is 0 Å². The van der Waals surface area contributed by atoms with E-state index in [4.69, 9.17) is 42.3 Å². The number of benzene rings is 6. The molecule has 0 bridgehead atoms. The molecule has 6 aromatic carbocycles. The van der Waals surface area contributed by atoms with Crippen molar-refractivity contribution in [3.8, 4) is 81.5 Å². The van der Waals surface area contributed by atoms with Gasteiger partial charge in [0, 0.05) is 44.2 Å². The van der Waals surface area contributed by atoms with Crippen LogP contribution in [0.2, 0.25) is 0 Å². The molecule has 8 rings (SSSR count). The number of carbonyl (C=O) groups is 1. The van der Waals surface area contributed by atoms with Gasteiger partial charge >= 0.3 is 0 Å². The summed E-state index contributed by atoms with van der Waals surface area (Å²) in [5.41, 5.74) is 11.2. The van der Waals surface area contributed by atoms with Crippen LogP contribution in [0.3, 0.4) is 0 Å². The zero-order valence-corrected chi connectivity index (χ0v) is 35.8. The quantitative estimate of drug-likeness (QED) is 0.0897. The Labute approximate surface area is 363 Å². The lowest BCUT2D eigenvalue weighted by molar-refractivity contribution is 0.103. The Morgan fingerprint density at radius 2 is 0.935 bits per heavy atom. The maximum atomic E-state index is 15.2. The Kier molecular flexibility index (Phi) is 11.6. The number of hydrogen-bond acceptors (Lipinski definition) is 7. The van der Waals surface area contributed by atoms with Crippen LogP contribution in [0.15, 0.2) is 121 Å². The molecule has 0 radical (unpaired) electrons. The lowest BCUT2D eigenvalue weighted by Gasteiger charge is -2.16. The van der Waals surface area contributed by atoms with Crippen LogP contribution in [0.25, 0.3) is 67.1 Å². The Bertz CT molecular complexity index is 2870. The second-order valence-electron chi connectivity index (χ2n) is 16.1. The van der Waals surface area contributed by atoms with E-state index in [1.807, 2.05) is 86.6 Å². The highest BCUT2D eigenvalue weighted by Crippen LogP contribution is 2.37. The molecule has 0 aliphatic carbocycles. The van der Waals surface area contributed by atoms with Gasteiger partial charge in [0.2, 0.25) is 0 Å². The van der Waals surface area contributed by atoms with E-state index >= 15 is 4.79 Å². The molecular weight excluding hydrogens is 765 g/mol. The molecule has 0 unspecified atom stereocenters. The van der Waals surface area contributed by atoms with E-state index in [9.17, 15) is 0 Å². The van der Waals surface area contributed by atoms with Crippen LogP contribution < -0.4 is 9.47 Å². The van der Waals surface area contributed by atoms with Gasteiger partial charge in [-0.2, -0.15) is 0 Å². The van der Waals surface area contributed by atoms with Gasteiger partial charge in [0.05, 0.1) is 22.4 Å². The summed E-state index contributed by atoms with van der Waals surface area (Å²) in [6, 6.07) is 39.7. The highest BCUT2D eigenvalue weighted by atomic mass is 16.5. The van der Waals surface area contributed by atoms with Crippen LogP contribution in [0.4, 0.5) is 0 Å². The van der Waals surface area contributed by atoms with Crippen molar-refractivity contribution in [1.29, 1.82) is 0 Å². The lowest BCUT2D eigenvalue weighted by Crippen LogP contribution is -2.09. The molecule has 0 amide bonds. The molecular formula is C55H46N4O3. The standard InChI is InChI=1S/C55H46N4O3/c1-9-27-61-41-21-25-49-47(31-41)51(39-17-13-37(14-18-39)33(3)4)58-54(56-49)45-29-35(7)11-23-43(45)53(60)44-24-12-36(8)30-46(44)55-57-50-26-22-42(62-28-10-2)32-48(50)52(59-55)40-19-15-38(16-20-40)34(5)6/h1-2,11-26,29-34H,27-28H2,3-8H3. The van der Waals surface area contributed by atoms with Crippen molar-refractivity contribution in [2.45, 2.75) is 53.4 Å². The third-order valence-electron chi connectivity index (χ3n) is 11.0. The normalized spacial score (nSPS) is 11.2. The maximum absolute atomic E-state index is 15.2. The summed E-state index contributed by atoms with van der Waals surface area (Å²) in [7, 11) is 0. The minimum Gasteiger partial charge on any atom is -0.481 e. The number of nitrogens with zero attached hydrogens (tertiary/aromatic N) is 4. The lowest BCUT2D eigenvalue weighted by atomic mass is 9.92. The maximum Gasteiger partial charge on any atom is 0.194 e. The summed E-state index contributed by atoms with van der Waals surface area (Å²) in [6.07, 6.45) is 11.0. The van der Waals surface area contributed by atoms with Crippen molar-refractivity contribution < 1.29 is 14.3 Å². The topological polar surface area (TPSA) is 87.1 Å². The van der Waals surface area contributed by atoms with E-state index in [1.165, 1.54) is 11.1 Å². The van der Waals surface area contributed by atoms with Gasteiger partial charge < -0.3 is 9.47 Å². The van der Waals surface area contributed by atoms with Gasteiger partial charge in [-0.05, 0) is 85.3 Å². The molecule has 62 heavy (non-hydrogen) atoms. The molecule has 8 aromatic rings. The first-order valence-corrected chi connectivity index (χ1v) is 20.7. The van der Waals surface area contributed by atoms with E-state index in [2.05, 4.69) is 88.1 Å². The summed E-state index contributed by atoms with van der Waals surface area (Å²) < 4.78 is 11.6. The van der Waals surface area contributed by atoms with Gasteiger partial charge in [0.15, 0.2) is 17.4 Å². The van der Waals surface area contributed by atoms with Crippen molar-refractivity contribution in [3.05, 3.63) is 155 Å². The monoisotopic (exact) mass is 810 g/mol. The zero-order valence-electron chi connectivity index (χ0n) is 35.8. The van der Waals surface area contributed by atoms with Crippen LogP contribution >= 0.6 is 0 Å². The number of ketones is 1. The van der Waals surface area contributed by atoms with Gasteiger partial charge in [-0.15, -0.1) is 12.8 Å². The second-order valence-corrected chi connectivity index (χ2v) is 16.1. The number of fused-ring (bicyclic) bond motifs is 2. The van der Waals surface area contributed by atoms with Crippen molar-refractivity contribution in [1.82, 2.24) is 19.9 Å². The largest absolute Gasteiger partial charge is 0.481 e. The van der Waals surface area contributed by atoms with E-state index in [0.29, 0.717) is 79.7 Å². The molecule has 0 aliphatic rings. The van der Waals surface area contributed by atoms with Crippen LogP contribution in [-0.2, 0) is 0 Å². The second kappa shape index (κ2) is 17.5. The summed E-state index contributed by atoms with van der Waals surface area (Å²) in [5, 5.41) is 1.61. The average molecular weight is 811 g/mol. The zero-order chi connectivity index (χ0) is 43.5. The summed E-state index contributed by atoms with van der Waals surface area (Å²) in [6.45, 7) is 12.9. The highest BCUT2D eigenvalue weighted by Gasteiger charge is 2.24. The predicted molar refractivity (Wildman–Crippen MR) is 251 cm³/mol. The van der Waals surface area contributed by atoms with Crippen molar-refractivity contribution in [3.63, 3.8) is 0 Å². The Morgan fingerprint density at radius 1 is 0.532 bits per heavy atom. The highest BCUT2D eigenvalue weighted by molar-refractivity contribution is 6.16. The van der Waals surface area contributed by atoms with E-state index in [0.717, 1.165) is 33.0 Å². The first kappa shape index (κ1) is 41.1. The Balaban J connectivity index is 1.29. The van der Waals surface area contributed by atoms with Crippen LogP contribution in [0.5, 0.6) is 11.5 Å². The van der Waals surface area contributed by atoms with Crippen molar-refractivity contribution in [2.75, 3.05) is 13.2 Å². The third kappa shape index (κ3) is 8.39. The molecule has 0 N–H and O–H groups in total. The number of ether oxygens (including phenoxy) is 2. The van der Waals surface area contributed by atoms with Gasteiger partial charge in [-0.3, -0.25) is 4.79 Å². The van der Waals surface area contributed by atoms with Crippen LogP contribution in [-0.4, -0.2) is 38.9 Å². The smallest absolute Gasteiger partial charge is 0.194 e. The molecule has 0 saturated heterocycles. The van der Waals surface area contributed by atoms with Gasteiger partial charge in [-0.25, -0.2) is 19.9 Å². The fraction of sp³-hybridized carbons (Fsp3) is 0.182. The van der Waals surface area contributed by atoms with Crippen molar-refractivity contribution >= 4 is 27.6 Å².